The van der Waals surface area contributed by atoms with Crippen molar-refractivity contribution in [1.29, 1.82) is 0 Å². The molecule has 0 radical (unpaired) electrons. The Hall–Kier alpha value is -1.05. The van der Waals surface area contributed by atoms with Crippen LogP contribution >= 0.6 is 0 Å². The SMILES string of the molecule is C=C.C=C(C)CC(=O)N1CCCC1.CC.CC. The molecule has 1 amide bonds. The van der Waals surface area contributed by atoms with E-state index in [4.69, 9.17) is 0 Å². The fourth-order valence-electron chi connectivity index (χ4n) is 1.34. The average molecular weight is 241 g/mol. The first kappa shape index (κ1) is 21.3. The number of hydrogen-bond acceptors (Lipinski definition) is 1. The summed E-state index contributed by atoms with van der Waals surface area (Å²) in [4.78, 5) is 13.2. The summed E-state index contributed by atoms with van der Waals surface area (Å²) < 4.78 is 0. The zero-order chi connectivity index (χ0) is 14.3. The van der Waals surface area contributed by atoms with Gasteiger partial charge in [-0.1, -0.05) is 39.8 Å². The van der Waals surface area contributed by atoms with E-state index in [0.29, 0.717) is 6.42 Å². The maximum absolute atomic E-state index is 11.3. The first-order valence-corrected chi connectivity index (χ1v) is 6.62. The molecule has 0 saturated carbocycles. The lowest BCUT2D eigenvalue weighted by Gasteiger charge is -2.14. The predicted octanol–water partition coefficient (Wildman–Crippen LogP) is 4.43. The van der Waals surface area contributed by atoms with E-state index in [1.807, 2.05) is 39.5 Å². The quantitative estimate of drug-likeness (QED) is 0.655. The standard InChI is InChI=1S/C9H15NO.2C2H6.C2H4/c1-8(2)7-9(11)10-5-3-4-6-10;3*1-2/h1,3-7H2,2H3;2*1-2H3;1-2H2. The number of amides is 1. The first-order chi connectivity index (χ1) is 8.20. The molecule has 1 heterocycles. The molecule has 0 N–H and O–H groups in total. The molecule has 1 rings (SSSR count). The van der Waals surface area contributed by atoms with Gasteiger partial charge in [-0.05, 0) is 19.8 Å². The summed E-state index contributed by atoms with van der Waals surface area (Å²) in [7, 11) is 0. The Balaban J connectivity index is -0.000000285. The summed E-state index contributed by atoms with van der Waals surface area (Å²) in [6, 6.07) is 0. The van der Waals surface area contributed by atoms with Crippen molar-refractivity contribution in [3.63, 3.8) is 0 Å². The number of carbonyl (C=O) groups is 1. The van der Waals surface area contributed by atoms with Gasteiger partial charge in [0.15, 0.2) is 0 Å². The van der Waals surface area contributed by atoms with Crippen molar-refractivity contribution in [3.8, 4) is 0 Å². The van der Waals surface area contributed by atoms with Crippen LogP contribution in [0.15, 0.2) is 25.3 Å². The number of rotatable bonds is 2. The molecule has 1 aliphatic heterocycles. The van der Waals surface area contributed by atoms with E-state index in [9.17, 15) is 4.79 Å². The fraction of sp³-hybridized carbons (Fsp3) is 0.667. The molecule has 1 fully saturated rings. The van der Waals surface area contributed by atoms with Crippen LogP contribution in [0.2, 0.25) is 0 Å². The molecule has 2 nitrogen and oxygen atoms in total. The third-order valence-electron chi connectivity index (χ3n) is 1.91. The number of hydrogen-bond donors (Lipinski definition) is 0. The van der Waals surface area contributed by atoms with E-state index in [0.717, 1.165) is 18.7 Å². The van der Waals surface area contributed by atoms with Gasteiger partial charge in [0.1, 0.15) is 0 Å². The highest BCUT2D eigenvalue weighted by atomic mass is 16.2. The molecule has 102 valence electrons. The minimum atomic E-state index is 0.245. The monoisotopic (exact) mass is 241 g/mol. The van der Waals surface area contributed by atoms with Crippen molar-refractivity contribution in [2.24, 2.45) is 0 Å². The highest BCUT2D eigenvalue weighted by Crippen LogP contribution is 2.10. The van der Waals surface area contributed by atoms with Gasteiger partial charge >= 0.3 is 0 Å². The summed E-state index contributed by atoms with van der Waals surface area (Å²) in [6.07, 6.45) is 2.86. The Morgan fingerprint density at radius 2 is 1.41 bits per heavy atom. The van der Waals surface area contributed by atoms with Gasteiger partial charge < -0.3 is 4.90 Å². The summed E-state index contributed by atoms with van der Waals surface area (Å²) in [5.74, 6) is 0.245. The Morgan fingerprint density at radius 1 is 1.06 bits per heavy atom. The number of nitrogens with zero attached hydrogens (tertiary/aromatic N) is 1. The maximum atomic E-state index is 11.3. The Bertz CT molecular complexity index is 181. The maximum Gasteiger partial charge on any atom is 0.226 e. The van der Waals surface area contributed by atoms with Crippen LogP contribution in [0, 0.1) is 0 Å². The molecule has 1 aliphatic rings. The Labute approximate surface area is 108 Å². The minimum absolute atomic E-state index is 0.245. The van der Waals surface area contributed by atoms with E-state index in [1.165, 1.54) is 12.8 Å². The molecule has 17 heavy (non-hydrogen) atoms. The summed E-state index contributed by atoms with van der Waals surface area (Å²) >= 11 is 0. The molecule has 0 aliphatic carbocycles. The Kier molecular flexibility index (Phi) is 21.7. The largest absolute Gasteiger partial charge is 0.342 e. The third-order valence-corrected chi connectivity index (χ3v) is 1.91. The van der Waals surface area contributed by atoms with E-state index >= 15 is 0 Å². The second-order valence-electron chi connectivity index (χ2n) is 3.22. The smallest absolute Gasteiger partial charge is 0.226 e. The van der Waals surface area contributed by atoms with Gasteiger partial charge in [0.2, 0.25) is 5.91 Å². The normalized spacial score (nSPS) is 11.9. The number of carbonyl (C=O) groups excluding carboxylic acids is 1. The van der Waals surface area contributed by atoms with E-state index in [2.05, 4.69) is 19.7 Å². The molecule has 0 spiro atoms. The van der Waals surface area contributed by atoms with Crippen LogP contribution in [0.25, 0.3) is 0 Å². The average Bonchev–Trinajstić information content (AvgIpc) is 2.90. The summed E-state index contributed by atoms with van der Waals surface area (Å²) in [5, 5.41) is 0. The van der Waals surface area contributed by atoms with Crippen molar-refractivity contribution in [3.05, 3.63) is 25.3 Å². The van der Waals surface area contributed by atoms with Gasteiger partial charge in [0.05, 0.1) is 0 Å². The summed E-state index contributed by atoms with van der Waals surface area (Å²) in [5.41, 5.74) is 0.960. The molecule has 0 aromatic heterocycles. The first-order valence-electron chi connectivity index (χ1n) is 6.62. The third kappa shape index (κ3) is 12.9. The minimum Gasteiger partial charge on any atom is -0.342 e. The molecule has 0 unspecified atom stereocenters. The van der Waals surface area contributed by atoms with Gasteiger partial charge in [-0.2, -0.15) is 0 Å². The van der Waals surface area contributed by atoms with Gasteiger partial charge in [0.25, 0.3) is 0 Å². The van der Waals surface area contributed by atoms with Crippen LogP contribution in [0.3, 0.4) is 0 Å². The van der Waals surface area contributed by atoms with Gasteiger partial charge in [-0.25, -0.2) is 0 Å². The molecule has 0 atom stereocenters. The highest BCUT2D eigenvalue weighted by Gasteiger charge is 2.16. The van der Waals surface area contributed by atoms with Gasteiger partial charge in [-0.15, -0.1) is 13.2 Å². The van der Waals surface area contributed by atoms with E-state index in [-0.39, 0.29) is 5.91 Å². The van der Waals surface area contributed by atoms with Crippen LogP contribution in [0.5, 0.6) is 0 Å². The lowest BCUT2D eigenvalue weighted by atomic mass is 10.2. The van der Waals surface area contributed by atoms with Crippen LogP contribution < -0.4 is 0 Å². The lowest BCUT2D eigenvalue weighted by molar-refractivity contribution is -0.129. The molecule has 1 saturated heterocycles. The molecular weight excluding hydrogens is 210 g/mol. The molecule has 0 aromatic carbocycles. The highest BCUT2D eigenvalue weighted by molar-refractivity contribution is 5.78. The van der Waals surface area contributed by atoms with Gasteiger partial charge in [0, 0.05) is 19.5 Å². The van der Waals surface area contributed by atoms with Crippen LogP contribution in [0.4, 0.5) is 0 Å². The predicted molar refractivity (Wildman–Crippen MR) is 79.2 cm³/mol. The zero-order valence-corrected chi connectivity index (χ0v) is 12.5. The Morgan fingerprint density at radius 3 is 1.71 bits per heavy atom. The van der Waals surface area contributed by atoms with Crippen molar-refractivity contribution in [1.82, 2.24) is 4.90 Å². The lowest BCUT2D eigenvalue weighted by Crippen LogP contribution is -2.27. The molecule has 2 heteroatoms. The molecule has 0 aromatic rings. The van der Waals surface area contributed by atoms with Crippen molar-refractivity contribution in [2.45, 2.75) is 53.9 Å². The second-order valence-corrected chi connectivity index (χ2v) is 3.22. The van der Waals surface area contributed by atoms with Crippen LogP contribution in [-0.4, -0.2) is 23.9 Å². The number of likely N-dealkylation sites (tertiary alicyclic amines) is 1. The topological polar surface area (TPSA) is 20.3 Å². The van der Waals surface area contributed by atoms with E-state index in [1.54, 1.807) is 0 Å². The fourth-order valence-corrected chi connectivity index (χ4v) is 1.34. The van der Waals surface area contributed by atoms with Gasteiger partial charge in [-0.3, -0.25) is 4.79 Å². The zero-order valence-electron chi connectivity index (χ0n) is 12.5. The second kappa shape index (κ2) is 17.3. The molecular formula is C15H31NO. The molecule has 0 bridgehead atoms. The van der Waals surface area contributed by atoms with Crippen molar-refractivity contribution < 1.29 is 4.79 Å². The van der Waals surface area contributed by atoms with Crippen LogP contribution in [0.1, 0.15) is 53.9 Å². The van der Waals surface area contributed by atoms with Crippen LogP contribution in [-0.2, 0) is 4.79 Å². The van der Waals surface area contributed by atoms with Crippen molar-refractivity contribution >= 4 is 5.91 Å². The van der Waals surface area contributed by atoms with Crippen molar-refractivity contribution in [2.75, 3.05) is 13.1 Å². The summed E-state index contributed by atoms with van der Waals surface area (Å²) in [6.45, 7) is 21.5. The van der Waals surface area contributed by atoms with E-state index < -0.39 is 0 Å².